The molecule has 0 aliphatic heterocycles. The number of fused-ring (bicyclic) bond motifs is 1. The maximum Gasteiger partial charge on any atom is 0.274 e. The minimum atomic E-state index is -0.272. The second kappa shape index (κ2) is 7.83. The predicted molar refractivity (Wildman–Crippen MR) is 116 cm³/mol. The van der Waals surface area contributed by atoms with Crippen LogP contribution in [-0.2, 0) is 6.54 Å². The van der Waals surface area contributed by atoms with Gasteiger partial charge in [-0.2, -0.15) is 5.10 Å². The van der Waals surface area contributed by atoms with Crippen molar-refractivity contribution in [2.45, 2.75) is 13.5 Å². The highest BCUT2D eigenvalue weighted by Gasteiger charge is 2.18. The second-order valence-corrected chi connectivity index (χ2v) is 7.09. The maximum absolute atomic E-state index is 12.8. The number of carbonyl (C=O) groups excluding carboxylic acids is 1. The third-order valence-electron chi connectivity index (χ3n) is 5.09. The second-order valence-electron chi connectivity index (χ2n) is 7.09. The molecule has 0 bridgehead atoms. The van der Waals surface area contributed by atoms with Crippen LogP contribution < -0.4 is 5.32 Å². The lowest BCUT2D eigenvalue weighted by atomic mass is 10.1. The average Bonchev–Trinajstić information content (AvgIpc) is 3.48. The van der Waals surface area contributed by atoms with Gasteiger partial charge in [-0.3, -0.25) is 9.78 Å². The van der Waals surface area contributed by atoms with Crippen molar-refractivity contribution >= 4 is 16.8 Å². The molecule has 3 aromatic heterocycles. The molecule has 2 aromatic carbocycles. The lowest BCUT2D eigenvalue weighted by Gasteiger charge is -2.08. The summed E-state index contributed by atoms with van der Waals surface area (Å²) in [6, 6.07) is 19.4. The molecule has 3 heterocycles. The average molecular weight is 409 g/mol. The minimum Gasteiger partial charge on any atom is -0.347 e. The Balaban J connectivity index is 1.37. The molecule has 0 saturated carbocycles. The number of rotatable bonds is 5. The topological polar surface area (TPSA) is 90.5 Å². The smallest absolute Gasteiger partial charge is 0.274 e. The van der Waals surface area contributed by atoms with Crippen molar-refractivity contribution < 1.29 is 4.79 Å². The van der Waals surface area contributed by atoms with Crippen molar-refractivity contribution in [3.8, 4) is 11.4 Å². The summed E-state index contributed by atoms with van der Waals surface area (Å²) in [5.74, 6) is -0.272. The summed E-state index contributed by atoms with van der Waals surface area (Å²) in [5.41, 5.74) is 4.55. The summed E-state index contributed by atoms with van der Waals surface area (Å²) in [6.45, 7) is 2.21. The van der Waals surface area contributed by atoms with Crippen molar-refractivity contribution in [2.75, 3.05) is 0 Å². The van der Waals surface area contributed by atoms with Gasteiger partial charge >= 0.3 is 0 Å². The van der Waals surface area contributed by atoms with Crippen LogP contribution in [0.5, 0.6) is 0 Å². The number of hydrogen-bond acceptors (Lipinski definition) is 5. The van der Waals surface area contributed by atoms with Crippen LogP contribution >= 0.6 is 0 Å². The van der Waals surface area contributed by atoms with Gasteiger partial charge in [0.2, 0.25) is 0 Å². The zero-order valence-electron chi connectivity index (χ0n) is 16.8. The first-order valence-electron chi connectivity index (χ1n) is 9.84. The molecule has 0 aliphatic rings. The molecule has 0 radical (unpaired) electrons. The molecule has 5 aromatic rings. The van der Waals surface area contributed by atoms with Crippen LogP contribution in [0, 0.1) is 6.92 Å². The standard InChI is InChI=1S/C23H19N7O/c1-16-22(27-28-30(16)21-10-3-9-20-19(21)8-4-11-24-20)23(31)25-15-17-6-2-7-18(14-17)29-13-5-12-26-29/h2-14H,15H2,1H3,(H,25,31). The zero-order chi connectivity index (χ0) is 21.2. The van der Waals surface area contributed by atoms with Crippen molar-refractivity contribution in [1.82, 2.24) is 35.1 Å². The molecule has 5 rings (SSSR count). The normalized spacial score (nSPS) is 11.0. The third kappa shape index (κ3) is 3.55. The van der Waals surface area contributed by atoms with Gasteiger partial charge in [0.05, 0.1) is 22.6 Å². The molecule has 0 aliphatic carbocycles. The highest BCUT2D eigenvalue weighted by atomic mass is 16.2. The largest absolute Gasteiger partial charge is 0.347 e. The van der Waals surface area contributed by atoms with Gasteiger partial charge in [0.1, 0.15) is 0 Å². The summed E-state index contributed by atoms with van der Waals surface area (Å²) in [5, 5.41) is 16.5. The minimum absolute atomic E-state index is 0.272. The molecular formula is C23H19N7O. The Morgan fingerprint density at radius 1 is 1.03 bits per heavy atom. The van der Waals surface area contributed by atoms with E-state index >= 15 is 0 Å². The lowest BCUT2D eigenvalue weighted by molar-refractivity contribution is 0.0945. The number of nitrogens with zero attached hydrogens (tertiary/aromatic N) is 6. The molecule has 31 heavy (non-hydrogen) atoms. The highest BCUT2D eigenvalue weighted by molar-refractivity contribution is 5.94. The van der Waals surface area contributed by atoms with E-state index in [0.29, 0.717) is 17.9 Å². The zero-order valence-corrected chi connectivity index (χ0v) is 16.8. The fraction of sp³-hybridized carbons (Fsp3) is 0.0870. The number of carbonyl (C=O) groups is 1. The molecule has 0 fully saturated rings. The molecule has 0 atom stereocenters. The van der Waals surface area contributed by atoms with Crippen molar-refractivity contribution in [2.24, 2.45) is 0 Å². The Bertz CT molecular complexity index is 1370. The first kappa shape index (κ1) is 18.7. The molecular weight excluding hydrogens is 390 g/mol. The molecule has 152 valence electrons. The summed E-state index contributed by atoms with van der Waals surface area (Å²) in [6.07, 6.45) is 5.36. The van der Waals surface area contributed by atoms with E-state index in [9.17, 15) is 4.79 Å². The van der Waals surface area contributed by atoms with Gasteiger partial charge in [0, 0.05) is 30.5 Å². The monoisotopic (exact) mass is 409 g/mol. The highest BCUT2D eigenvalue weighted by Crippen LogP contribution is 2.21. The molecule has 1 N–H and O–H groups in total. The van der Waals surface area contributed by atoms with Crippen LogP contribution in [-0.4, -0.2) is 35.7 Å². The molecule has 8 nitrogen and oxygen atoms in total. The maximum atomic E-state index is 12.8. The first-order chi connectivity index (χ1) is 15.2. The number of amides is 1. The van der Waals surface area contributed by atoms with Gasteiger partial charge in [0.15, 0.2) is 5.69 Å². The number of aromatic nitrogens is 6. The van der Waals surface area contributed by atoms with Crippen LogP contribution in [0.2, 0.25) is 0 Å². The van der Waals surface area contributed by atoms with Gasteiger partial charge in [-0.15, -0.1) is 5.10 Å². The van der Waals surface area contributed by atoms with Crippen LogP contribution in [0.1, 0.15) is 21.7 Å². The quantitative estimate of drug-likeness (QED) is 0.481. The molecule has 8 heteroatoms. The third-order valence-corrected chi connectivity index (χ3v) is 5.09. The molecule has 1 amide bonds. The van der Waals surface area contributed by atoms with E-state index in [1.165, 1.54) is 0 Å². The number of nitrogens with one attached hydrogen (secondary N) is 1. The van der Waals surface area contributed by atoms with Crippen LogP contribution in [0.4, 0.5) is 0 Å². The fourth-order valence-corrected chi connectivity index (χ4v) is 3.54. The van der Waals surface area contributed by atoms with Gasteiger partial charge in [-0.05, 0) is 55.0 Å². The SMILES string of the molecule is Cc1c(C(=O)NCc2cccc(-n3cccn3)c2)nnn1-c1cccc2ncccc12. The van der Waals surface area contributed by atoms with Gasteiger partial charge in [-0.1, -0.05) is 23.4 Å². The van der Waals surface area contributed by atoms with Crippen molar-refractivity contribution in [1.29, 1.82) is 0 Å². The number of benzene rings is 2. The van der Waals surface area contributed by atoms with Gasteiger partial charge < -0.3 is 5.32 Å². The summed E-state index contributed by atoms with van der Waals surface area (Å²) < 4.78 is 3.46. The van der Waals surface area contributed by atoms with Crippen molar-refractivity contribution in [3.05, 3.63) is 96.2 Å². The Morgan fingerprint density at radius 2 is 1.94 bits per heavy atom. The van der Waals surface area contributed by atoms with E-state index in [4.69, 9.17) is 0 Å². The summed E-state index contributed by atoms with van der Waals surface area (Å²) >= 11 is 0. The van der Waals surface area contributed by atoms with Crippen LogP contribution in [0.25, 0.3) is 22.3 Å². The number of hydrogen-bond donors (Lipinski definition) is 1. The van der Waals surface area contributed by atoms with E-state index < -0.39 is 0 Å². The van der Waals surface area contributed by atoms with Gasteiger partial charge in [-0.25, -0.2) is 9.36 Å². The molecule has 0 spiro atoms. The predicted octanol–water partition coefficient (Wildman–Crippen LogP) is 3.24. The number of pyridine rings is 1. The van der Waals surface area contributed by atoms with Crippen molar-refractivity contribution in [3.63, 3.8) is 0 Å². The Kier molecular flexibility index (Phi) is 4.72. The summed E-state index contributed by atoms with van der Waals surface area (Å²) in [7, 11) is 0. The van der Waals surface area contributed by atoms with E-state index in [1.807, 2.05) is 73.8 Å². The first-order valence-corrected chi connectivity index (χ1v) is 9.84. The Hall–Kier alpha value is -4.33. The molecule has 0 saturated heterocycles. The van der Waals surface area contributed by atoms with E-state index in [1.54, 1.807) is 21.8 Å². The fourth-order valence-electron chi connectivity index (χ4n) is 3.54. The Labute approximate surface area is 178 Å². The van der Waals surface area contributed by atoms with Crippen LogP contribution in [0.15, 0.2) is 79.3 Å². The summed E-state index contributed by atoms with van der Waals surface area (Å²) in [4.78, 5) is 17.2. The lowest BCUT2D eigenvalue weighted by Crippen LogP contribution is -2.24. The van der Waals surface area contributed by atoms with Gasteiger partial charge in [0.25, 0.3) is 5.91 Å². The Morgan fingerprint density at radius 3 is 2.81 bits per heavy atom. The van der Waals surface area contributed by atoms with E-state index in [-0.39, 0.29) is 5.91 Å². The van der Waals surface area contributed by atoms with E-state index in [2.05, 4.69) is 25.7 Å². The molecule has 0 unspecified atom stereocenters. The van der Waals surface area contributed by atoms with E-state index in [0.717, 1.165) is 27.8 Å². The van der Waals surface area contributed by atoms with Crippen LogP contribution in [0.3, 0.4) is 0 Å².